The molecule has 0 unspecified atom stereocenters. The Labute approximate surface area is 74.7 Å². The Morgan fingerprint density at radius 1 is 1.67 bits per heavy atom. The number of halogens is 1. The molecule has 4 nitrogen and oxygen atoms in total. The van der Waals surface area contributed by atoms with Gasteiger partial charge < -0.3 is 11.1 Å². The van der Waals surface area contributed by atoms with Crippen molar-refractivity contribution in [3.63, 3.8) is 0 Å². The first-order valence-electron chi connectivity index (χ1n) is 3.34. The Kier molecular flexibility index (Phi) is 3.01. The van der Waals surface area contributed by atoms with E-state index in [0.717, 1.165) is 0 Å². The molecule has 1 aromatic rings. The number of nitrogens with zero attached hydrogens (tertiary/aromatic N) is 1. The molecule has 0 spiro atoms. The van der Waals surface area contributed by atoms with Crippen LogP contribution in [0.25, 0.3) is 0 Å². The van der Waals surface area contributed by atoms with Gasteiger partial charge in [0.2, 0.25) is 0 Å². The lowest BCUT2D eigenvalue weighted by Gasteiger charge is -2.00. The zero-order chi connectivity index (χ0) is 8.97. The lowest BCUT2D eigenvalue weighted by molar-refractivity contribution is 0.0954. The minimum atomic E-state index is -0.248. The molecule has 64 valence electrons. The Balaban J connectivity index is 2.75. The average Bonchev–Trinajstić information content (AvgIpc) is 2.06. The fourth-order valence-electron chi connectivity index (χ4n) is 0.705. The molecule has 0 aromatic carbocycles. The third-order valence-corrected chi connectivity index (χ3v) is 1.48. The fraction of sp³-hybridized carbons (Fsp3) is 0.143. The monoisotopic (exact) mass is 185 g/mol. The maximum absolute atomic E-state index is 11.1. The van der Waals surface area contributed by atoms with Gasteiger partial charge in [-0.15, -0.1) is 0 Å². The molecule has 1 rings (SSSR count). The maximum Gasteiger partial charge on any atom is 0.253 e. The SMILES string of the molecule is NCNC(=O)c1ccc(Cl)nc1. The molecule has 0 radical (unpaired) electrons. The van der Waals surface area contributed by atoms with Gasteiger partial charge in [0.1, 0.15) is 5.15 Å². The fourth-order valence-corrected chi connectivity index (χ4v) is 0.817. The first-order valence-corrected chi connectivity index (χ1v) is 3.71. The van der Waals surface area contributed by atoms with Crippen LogP contribution >= 0.6 is 11.6 Å². The van der Waals surface area contributed by atoms with Crippen LogP contribution in [0.2, 0.25) is 5.15 Å². The van der Waals surface area contributed by atoms with E-state index in [-0.39, 0.29) is 12.6 Å². The molecule has 0 aliphatic rings. The van der Waals surface area contributed by atoms with Crippen molar-refractivity contribution in [1.29, 1.82) is 0 Å². The summed E-state index contributed by atoms with van der Waals surface area (Å²) in [4.78, 5) is 14.8. The number of carbonyl (C=O) groups excluding carboxylic acids is 1. The van der Waals surface area contributed by atoms with Crippen LogP contribution in [0, 0.1) is 0 Å². The molecule has 0 fully saturated rings. The standard InChI is InChI=1S/C7H8ClN3O/c8-6-2-1-5(3-10-6)7(12)11-4-9/h1-3H,4,9H2,(H,11,12). The highest BCUT2D eigenvalue weighted by Crippen LogP contribution is 2.04. The number of rotatable bonds is 2. The minimum absolute atomic E-state index is 0.113. The Morgan fingerprint density at radius 2 is 2.42 bits per heavy atom. The number of hydrogen-bond donors (Lipinski definition) is 2. The van der Waals surface area contributed by atoms with E-state index >= 15 is 0 Å². The summed E-state index contributed by atoms with van der Waals surface area (Å²) in [6.07, 6.45) is 1.40. The number of nitrogens with one attached hydrogen (secondary N) is 1. The van der Waals surface area contributed by atoms with Crippen molar-refractivity contribution in [3.8, 4) is 0 Å². The normalized spacial score (nSPS) is 9.50. The largest absolute Gasteiger partial charge is 0.340 e. The summed E-state index contributed by atoms with van der Waals surface area (Å²) in [5, 5.41) is 2.80. The second-order valence-corrected chi connectivity index (χ2v) is 2.47. The number of hydrogen-bond acceptors (Lipinski definition) is 3. The zero-order valence-corrected chi connectivity index (χ0v) is 7.01. The van der Waals surface area contributed by atoms with E-state index in [0.29, 0.717) is 10.7 Å². The predicted molar refractivity (Wildman–Crippen MR) is 45.8 cm³/mol. The van der Waals surface area contributed by atoms with Crippen molar-refractivity contribution in [2.45, 2.75) is 0 Å². The van der Waals surface area contributed by atoms with Gasteiger partial charge in [0.25, 0.3) is 5.91 Å². The number of nitrogens with two attached hydrogens (primary N) is 1. The summed E-state index contributed by atoms with van der Waals surface area (Å²) in [5.41, 5.74) is 5.57. The maximum atomic E-state index is 11.1. The van der Waals surface area contributed by atoms with Gasteiger partial charge in [-0.05, 0) is 12.1 Å². The molecule has 0 atom stereocenters. The third kappa shape index (κ3) is 2.18. The van der Waals surface area contributed by atoms with Crippen LogP contribution in [0.3, 0.4) is 0 Å². The summed E-state index contributed by atoms with van der Waals surface area (Å²) in [6, 6.07) is 3.13. The van der Waals surface area contributed by atoms with E-state index in [9.17, 15) is 4.79 Å². The molecule has 12 heavy (non-hydrogen) atoms. The zero-order valence-electron chi connectivity index (χ0n) is 6.25. The quantitative estimate of drug-likeness (QED) is 0.517. The average molecular weight is 186 g/mol. The molecular formula is C7H8ClN3O. The van der Waals surface area contributed by atoms with Gasteiger partial charge in [-0.25, -0.2) is 4.98 Å². The third-order valence-electron chi connectivity index (χ3n) is 1.25. The summed E-state index contributed by atoms with van der Waals surface area (Å²) in [6.45, 7) is 0.113. The Bertz CT molecular complexity index is 272. The van der Waals surface area contributed by atoms with E-state index in [1.165, 1.54) is 6.20 Å². The highest BCUT2D eigenvalue weighted by molar-refractivity contribution is 6.29. The van der Waals surface area contributed by atoms with Crippen LogP contribution in [0.4, 0.5) is 0 Å². The highest BCUT2D eigenvalue weighted by atomic mass is 35.5. The van der Waals surface area contributed by atoms with E-state index in [1.54, 1.807) is 12.1 Å². The smallest absolute Gasteiger partial charge is 0.253 e. The van der Waals surface area contributed by atoms with Crippen LogP contribution in [-0.2, 0) is 0 Å². The van der Waals surface area contributed by atoms with Crippen LogP contribution in [0.15, 0.2) is 18.3 Å². The molecule has 1 amide bonds. The van der Waals surface area contributed by atoms with Gasteiger partial charge in [0.05, 0.1) is 12.2 Å². The van der Waals surface area contributed by atoms with E-state index < -0.39 is 0 Å². The summed E-state index contributed by atoms with van der Waals surface area (Å²) >= 11 is 5.53. The number of carbonyl (C=O) groups is 1. The first kappa shape index (κ1) is 8.96. The van der Waals surface area contributed by atoms with Gasteiger partial charge in [-0.1, -0.05) is 11.6 Å². The van der Waals surface area contributed by atoms with Crippen molar-refractivity contribution in [2.75, 3.05) is 6.67 Å². The van der Waals surface area contributed by atoms with Crippen LogP contribution in [0.5, 0.6) is 0 Å². The molecular weight excluding hydrogens is 178 g/mol. The number of aromatic nitrogens is 1. The van der Waals surface area contributed by atoms with E-state index in [1.807, 2.05) is 0 Å². The second kappa shape index (κ2) is 4.04. The van der Waals surface area contributed by atoms with Crippen LogP contribution in [0.1, 0.15) is 10.4 Å². The number of pyridine rings is 1. The molecule has 0 saturated carbocycles. The van der Waals surface area contributed by atoms with Crippen molar-refractivity contribution in [1.82, 2.24) is 10.3 Å². The van der Waals surface area contributed by atoms with Gasteiger partial charge >= 0.3 is 0 Å². The first-order chi connectivity index (χ1) is 5.74. The Hall–Kier alpha value is -1.13. The molecule has 0 bridgehead atoms. The van der Waals surface area contributed by atoms with Gasteiger partial charge in [-0.2, -0.15) is 0 Å². The highest BCUT2D eigenvalue weighted by Gasteiger charge is 2.02. The second-order valence-electron chi connectivity index (χ2n) is 2.08. The van der Waals surface area contributed by atoms with Crippen LogP contribution in [-0.4, -0.2) is 17.6 Å². The van der Waals surface area contributed by atoms with Gasteiger partial charge in [0.15, 0.2) is 0 Å². The van der Waals surface area contributed by atoms with Crippen molar-refractivity contribution >= 4 is 17.5 Å². The molecule has 0 aliphatic carbocycles. The molecule has 5 heteroatoms. The Morgan fingerprint density at radius 3 is 2.92 bits per heavy atom. The summed E-state index contributed by atoms with van der Waals surface area (Å²) in [5.74, 6) is -0.248. The van der Waals surface area contributed by atoms with Crippen molar-refractivity contribution in [3.05, 3.63) is 29.0 Å². The van der Waals surface area contributed by atoms with Crippen molar-refractivity contribution in [2.24, 2.45) is 5.73 Å². The lowest BCUT2D eigenvalue weighted by atomic mass is 10.3. The molecule has 0 saturated heterocycles. The molecule has 1 aromatic heterocycles. The molecule has 1 heterocycles. The number of amides is 1. The molecule has 3 N–H and O–H groups in total. The summed E-state index contributed by atoms with van der Waals surface area (Å²) < 4.78 is 0. The summed E-state index contributed by atoms with van der Waals surface area (Å²) in [7, 11) is 0. The predicted octanol–water partition coefficient (Wildman–Crippen LogP) is 0.381. The van der Waals surface area contributed by atoms with Gasteiger partial charge in [0, 0.05) is 6.20 Å². The van der Waals surface area contributed by atoms with E-state index in [2.05, 4.69) is 10.3 Å². The van der Waals surface area contributed by atoms with Gasteiger partial charge in [-0.3, -0.25) is 4.79 Å². The topological polar surface area (TPSA) is 68.0 Å². The molecule has 0 aliphatic heterocycles. The van der Waals surface area contributed by atoms with E-state index in [4.69, 9.17) is 17.3 Å². The van der Waals surface area contributed by atoms with Crippen molar-refractivity contribution < 1.29 is 4.79 Å². The van der Waals surface area contributed by atoms with Crippen LogP contribution < -0.4 is 11.1 Å². The minimum Gasteiger partial charge on any atom is -0.340 e. The lowest BCUT2D eigenvalue weighted by Crippen LogP contribution is -2.29.